The van der Waals surface area contributed by atoms with Gasteiger partial charge in [-0.25, -0.2) is 22.9 Å². The molecule has 4 aromatic rings. The van der Waals surface area contributed by atoms with Crippen LogP contribution in [0.4, 0.5) is 10.5 Å². The number of hydrogen-bond donors (Lipinski definition) is 1. The van der Waals surface area contributed by atoms with Crippen molar-refractivity contribution in [2.75, 3.05) is 25.3 Å². The monoisotopic (exact) mass is 520 g/mol. The molecule has 1 N–H and O–H groups in total. The van der Waals surface area contributed by atoms with Gasteiger partial charge in [-0.15, -0.1) is 0 Å². The number of aryl methyl sites for hydroxylation is 1. The Balaban J connectivity index is 1.62. The van der Waals surface area contributed by atoms with E-state index in [0.29, 0.717) is 12.1 Å². The van der Waals surface area contributed by atoms with Crippen molar-refractivity contribution in [1.29, 1.82) is 0 Å². The van der Waals surface area contributed by atoms with Gasteiger partial charge in [0.05, 0.1) is 17.3 Å². The van der Waals surface area contributed by atoms with E-state index in [1.807, 2.05) is 55.2 Å². The van der Waals surface area contributed by atoms with Crippen LogP contribution in [0.25, 0.3) is 22.2 Å². The molecule has 0 saturated heterocycles. The van der Waals surface area contributed by atoms with E-state index in [9.17, 15) is 13.2 Å². The highest BCUT2D eigenvalue weighted by Gasteiger charge is 2.15. The van der Waals surface area contributed by atoms with Crippen LogP contribution in [0.15, 0.2) is 66.7 Å². The van der Waals surface area contributed by atoms with E-state index < -0.39 is 16.1 Å². The number of carbonyl (C=O) groups excluding carboxylic acids is 1. The van der Waals surface area contributed by atoms with E-state index in [4.69, 9.17) is 9.72 Å². The molecule has 37 heavy (non-hydrogen) atoms. The quantitative estimate of drug-likeness (QED) is 0.326. The van der Waals surface area contributed by atoms with Crippen molar-refractivity contribution < 1.29 is 17.9 Å². The summed E-state index contributed by atoms with van der Waals surface area (Å²) >= 11 is 0. The third-order valence-electron chi connectivity index (χ3n) is 6.05. The van der Waals surface area contributed by atoms with Crippen molar-refractivity contribution in [3.63, 3.8) is 0 Å². The van der Waals surface area contributed by atoms with Crippen molar-refractivity contribution in [3.8, 4) is 16.9 Å². The predicted octanol–water partition coefficient (Wildman–Crippen LogP) is 5.21. The summed E-state index contributed by atoms with van der Waals surface area (Å²) in [5.41, 5.74) is 5.88. The minimum absolute atomic E-state index is 0.273. The molecule has 1 heterocycles. The molecule has 8 nitrogen and oxygen atoms in total. The van der Waals surface area contributed by atoms with Gasteiger partial charge in [0.1, 0.15) is 11.6 Å². The molecule has 0 spiro atoms. The molecule has 194 valence electrons. The van der Waals surface area contributed by atoms with E-state index in [-0.39, 0.29) is 5.75 Å². The van der Waals surface area contributed by atoms with Crippen LogP contribution in [-0.2, 0) is 23.0 Å². The normalized spacial score (nSPS) is 11.5. The zero-order chi connectivity index (χ0) is 26.6. The first-order chi connectivity index (χ1) is 17.6. The first-order valence-electron chi connectivity index (χ1n) is 12.2. The lowest BCUT2D eigenvalue weighted by Gasteiger charge is -2.14. The third-order valence-corrected chi connectivity index (χ3v) is 6.58. The van der Waals surface area contributed by atoms with Gasteiger partial charge in [0.25, 0.3) is 0 Å². The Hall–Kier alpha value is -3.85. The van der Waals surface area contributed by atoms with Crippen LogP contribution >= 0.6 is 0 Å². The molecule has 1 amide bonds. The van der Waals surface area contributed by atoms with Crippen LogP contribution in [0.1, 0.15) is 31.2 Å². The fourth-order valence-corrected chi connectivity index (χ4v) is 4.52. The Morgan fingerprint density at radius 3 is 2.46 bits per heavy atom. The fourth-order valence-electron chi connectivity index (χ4n) is 4.18. The SMILES string of the molecule is CCCCc1nc2ccc(N(C)C)cc2n1Cc1ccc(-c2ccccc2OC(=O)NS(C)(=O)=O)cc1. The molecule has 0 bridgehead atoms. The topological polar surface area (TPSA) is 93.5 Å². The minimum atomic E-state index is -3.72. The minimum Gasteiger partial charge on any atom is -0.409 e. The molecular formula is C28H32N4O4S. The van der Waals surface area contributed by atoms with Crippen molar-refractivity contribution in [3.05, 3.63) is 78.1 Å². The molecule has 0 aliphatic rings. The molecular weight excluding hydrogens is 488 g/mol. The van der Waals surface area contributed by atoms with Gasteiger partial charge in [0.2, 0.25) is 10.0 Å². The molecule has 0 atom stereocenters. The van der Waals surface area contributed by atoms with E-state index in [2.05, 4.69) is 34.6 Å². The highest BCUT2D eigenvalue weighted by Crippen LogP contribution is 2.31. The lowest BCUT2D eigenvalue weighted by Crippen LogP contribution is -2.32. The molecule has 4 rings (SSSR count). The van der Waals surface area contributed by atoms with Gasteiger partial charge in [-0.3, -0.25) is 0 Å². The number of benzene rings is 3. The Bertz CT molecular complexity index is 1510. The van der Waals surface area contributed by atoms with Crippen molar-refractivity contribution >= 4 is 32.8 Å². The maximum atomic E-state index is 12.0. The molecule has 0 saturated carbocycles. The standard InChI is InChI=1S/C28H32N4O4S/c1-5-6-11-27-29-24-17-16-22(31(2)3)18-25(24)32(27)19-20-12-14-21(15-13-20)23-9-7-8-10-26(23)36-28(33)30-37(4,34)35/h7-10,12-18H,5-6,11,19H2,1-4H3,(H,30,33). The van der Waals surface area contributed by atoms with Crippen molar-refractivity contribution in [1.82, 2.24) is 14.3 Å². The fraction of sp³-hybridized carbons (Fsp3) is 0.286. The summed E-state index contributed by atoms with van der Waals surface area (Å²) in [4.78, 5) is 19.0. The zero-order valence-electron chi connectivity index (χ0n) is 21.6. The third kappa shape index (κ3) is 6.48. The second-order valence-corrected chi connectivity index (χ2v) is 11.0. The van der Waals surface area contributed by atoms with E-state index >= 15 is 0 Å². The molecule has 0 fully saturated rings. The highest BCUT2D eigenvalue weighted by molar-refractivity contribution is 7.89. The van der Waals surface area contributed by atoms with Gasteiger partial charge in [-0.05, 0) is 41.8 Å². The Morgan fingerprint density at radius 2 is 1.78 bits per heavy atom. The first-order valence-corrected chi connectivity index (χ1v) is 14.1. The van der Waals surface area contributed by atoms with Crippen molar-refractivity contribution in [2.24, 2.45) is 0 Å². The number of carbonyl (C=O) groups is 1. The van der Waals surface area contributed by atoms with Crippen LogP contribution < -0.4 is 14.4 Å². The second kappa shape index (κ2) is 11.0. The average molecular weight is 521 g/mol. The summed E-state index contributed by atoms with van der Waals surface area (Å²) in [5, 5.41) is 0. The molecule has 0 aliphatic carbocycles. The van der Waals surface area contributed by atoms with Crippen LogP contribution in [0.2, 0.25) is 0 Å². The number of fused-ring (bicyclic) bond motifs is 1. The number of rotatable bonds is 9. The number of amides is 1. The van der Waals surface area contributed by atoms with Gasteiger partial charge in [0.15, 0.2) is 0 Å². The highest BCUT2D eigenvalue weighted by atomic mass is 32.2. The van der Waals surface area contributed by atoms with Crippen LogP contribution in [0.5, 0.6) is 5.75 Å². The Kier molecular flexibility index (Phi) is 7.83. The summed E-state index contributed by atoms with van der Waals surface area (Å²) in [5.74, 6) is 1.35. The van der Waals surface area contributed by atoms with Crippen LogP contribution in [-0.4, -0.2) is 44.4 Å². The van der Waals surface area contributed by atoms with Gasteiger partial charge < -0.3 is 14.2 Å². The first kappa shape index (κ1) is 26.2. The Labute approximate surface area is 217 Å². The molecule has 0 aliphatic heterocycles. The lowest BCUT2D eigenvalue weighted by molar-refractivity contribution is 0.207. The summed E-state index contributed by atoms with van der Waals surface area (Å²) in [6.45, 7) is 2.86. The number of unbranched alkanes of at least 4 members (excludes halogenated alkanes) is 1. The molecule has 0 unspecified atom stereocenters. The molecule has 3 aromatic carbocycles. The number of ether oxygens (including phenoxy) is 1. The number of imidazole rings is 1. The number of anilines is 1. The zero-order valence-corrected chi connectivity index (χ0v) is 22.4. The van der Waals surface area contributed by atoms with Crippen molar-refractivity contribution in [2.45, 2.75) is 32.7 Å². The second-order valence-electron chi connectivity index (χ2n) is 9.24. The van der Waals surface area contributed by atoms with Gasteiger partial charge in [-0.2, -0.15) is 0 Å². The summed E-state index contributed by atoms with van der Waals surface area (Å²) in [7, 11) is 0.346. The number of hydrogen-bond acceptors (Lipinski definition) is 6. The number of nitrogens with zero attached hydrogens (tertiary/aromatic N) is 3. The number of sulfonamides is 1. The smallest absolute Gasteiger partial charge is 0.409 e. The summed E-state index contributed by atoms with van der Waals surface area (Å²) in [6, 6.07) is 21.4. The molecule has 9 heteroatoms. The lowest BCUT2D eigenvalue weighted by atomic mass is 10.0. The number of nitrogens with one attached hydrogen (secondary N) is 1. The van der Waals surface area contributed by atoms with Crippen LogP contribution in [0.3, 0.4) is 0 Å². The largest absolute Gasteiger partial charge is 0.426 e. The van der Waals surface area contributed by atoms with E-state index in [1.165, 1.54) is 0 Å². The Morgan fingerprint density at radius 1 is 1.05 bits per heavy atom. The van der Waals surface area contributed by atoms with E-state index in [1.54, 1.807) is 12.1 Å². The number of para-hydroxylation sites is 1. The van der Waals surface area contributed by atoms with Crippen LogP contribution in [0, 0.1) is 0 Å². The maximum absolute atomic E-state index is 12.0. The van der Waals surface area contributed by atoms with Gasteiger partial charge >= 0.3 is 6.09 Å². The van der Waals surface area contributed by atoms with E-state index in [0.717, 1.165) is 59.2 Å². The summed E-state index contributed by atoms with van der Waals surface area (Å²) in [6.07, 6.45) is 2.95. The average Bonchev–Trinajstić information content (AvgIpc) is 3.18. The van der Waals surface area contributed by atoms with Gasteiger partial charge in [0, 0.05) is 38.3 Å². The number of aromatic nitrogens is 2. The summed E-state index contributed by atoms with van der Waals surface area (Å²) < 4.78 is 32.1. The maximum Gasteiger partial charge on any atom is 0.426 e. The molecule has 1 aromatic heterocycles. The van der Waals surface area contributed by atoms with Gasteiger partial charge in [-0.1, -0.05) is 55.8 Å². The molecule has 0 radical (unpaired) electrons. The predicted molar refractivity (Wildman–Crippen MR) is 148 cm³/mol.